The summed E-state index contributed by atoms with van der Waals surface area (Å²) in [5.74, 6) is 0.916. The van der Waals surface area contributed by atoms with Crippen LogP contribution in [0, 0.1) is 20.8 Å². The van der Waals surface area contributed by atoms with Gasteiger partial charge in [0.05, 0.1) is 33.5 Å². The highest BCUT2D eigenvalue weighted by Crippen LogP contribution is 2.19. The number of benzene rings is 1. The molecule has 3 rings (SSSR count). The van der Waals surface area contributed by atoms with Gasteiger partial charge in [-0.05, 0) is 32.9 Å². The molecule has 2 aromatic heterocycles. The molecule has 0 spiro atoms. The van der Waals surface area contributed by atoms with Gasteiger partial charge < -0.3 is 4.98 Å². The van der Waals surface area contributed by atoms with Gasteiger partial charge in [-0.2, -0.15) is 0 Å². The van der Waals surface area contributed by atoms with Gasteiger partial charge in [-0.25, -0.2) is 15.0 Å². The van der Waals surface area contributed by atoms with Gasteiger partial charge >= 0.3 is 0 Å². The molecule has 0 aliphatic rings. The van der Waals surface area contributed by atoms with Crippen LogP contribution in [0.1, 0.15) is 17.2 Å². The van der Waals surface area contributed by atoms with Gasteiger partial charge in [0, 0.05) is 0 Å². The highest BCUT2D eigenvalue weighted by molar-refractivity contribution is 5.91. The zero-order valence-electron chi connectivity index (χ0n) is 9.50. The molecule has 4 nitrogen and oxygen atoms in total. The Labute approximate surface area is 92.8 Å². The molecule has 80 valence electrons. The Morgan fingerprint density at radius 2 is 1.44 bits per heavy atom. The first kappa shape index (κ1) is 9.27. The minimum absolute atomic E-state index is 0.905. The Hall–Kier alpha value is -1.97. The molecule has 2 heterocycles. The van der Waals surface area contributed by atoms with Crippen LogP contribution >= 0.6 is 0 Å². The molecule has 0 amide bonds. The first-order chi connectivity index (χ1) is 7.63. The number of aromatic amines is 1. The minimum Gasteiger partial charge on any atom is -0.342 e. The second-order valence-corrected chi connectivity index (χ2v) is 4.07. The fourth-order valence-electron chi connectivity index (χ4n) is 1.86. The van der Waals surface area contributed by atoms with Gasteiger partial charge in [0.2, 0.25) is 0 Å². The van der Waals surface area contributed by atoms with Crippen LogP contribution in [0.3, 0.4) is 0 Å². The van der Waals surface area contributed by atoms with Gasteiger partial charge in [0.15, 0.2) is 0 Å². The second kappa shape index (κ2) is 3.01. The first-order valence-electron chi connectivity index (χ1n) is 5.25. The van der Waals surface area contributed by atoms with E-state index in [9.17, 15) is 0 Å². The predicted octanol–water partition coefficient (Wildman–Crippen LogP) is 2.43. The molecule has 1 N–H and O–H groups in total. The van der Waals surface area contributed by atoms with Crippen molar-refractivity contribution in [3.8, 4) is 0 Å². The number of hydrogen-bond donors (Lipinski definition) is 1. The summed E-state index contributed by atoms with van der Waals surface area (Å²) in [7, 11) is 0. The standard InChI is InChI=1S/C12H12N4/c1-6-7(2)14-10-5-12-11(4-9(10)13-6)15-8(3)16-12/h4-5H,1-3H3,(H,15,16). The number of hydrogen-bond acceptors (Lipinski definition) is 3. The number of H-pyrrole nitrogens is 1. The molecule has 0 aliphatic carbocycles. The normalized spacial score (nSPS) is 11.4. The Morgan fingerprint density at radius 3 is 2.12 bits per heavy atom. The molecule has 0 saturated heterocycles. The summed E-state index contributed by atoms with van der Waals surface area (Å²) in [4.78, 5) is 16.6. The topological polar surface area (TPSA) is 54.5 Å². The fourth-order valence-corrected chi connectivity index (χ4v) is 1.86. The summed E-state index contributed by atoms with van der Waals surface area (Å²) in [6.45, 7) is 5.90. The largest absolute Gasteiger partial charge is 0.342 e. The molecule has 0 atom stereocenters. The highest BCUT2D eigenvalue weighted by Gasteiger charge is 2.05. The van der Waals surface area contributed by atoms with Gasteiger partial charge in [-0.1, -0.05) is 0 Å². The molecule has 0 radical (unpaired) electrons. The maximum absolute atomic E-state index is 4.52. The maximum Gasteiger partial charge on any atom is 0.104 e. The van der Waals surface area contributed by atoms with Crippen LogP contribution in [0.2, 0.25) is 0 Å². The van der Waals surface area contributed by atoms with E-state index in [0.29, 0.717) is 0 Å². The van der Waals surface area contributed by atoms with Gasteiger partial charge in [0.1, 0.15) is 5.82 Å². The third kappa shape index (κ3) is 1.26. The van der Waals surface area contributed by atoms with Crippen molar-refractivity contribution in [2.24, 2.45) is 0 Å². The predicted molar refractivity (Wildman–Crippen MR) is 63.4 cm³/mol. The third-order valence-corrected chi connectivity index (χ3v) is 2.80. The summed E-state index contributed by atoms with van der Waals surface area (Å²) in [5.41, 5.74) is 5.73. The van der Waals surface area contributed by atoms with E-state index < -0.39 is 0 Å². The lowest BCUT2D eigenvalue weighted by atomic mass is 10.2. The number of fused-ring (bicyclic) bond motifs is 2. The molecule has 0 fully saturated rings. The van der Waals surface area contributed by atoms with Crippen molar-refractivity contribution in [3.63, 3.8) is 0 Å². The SMILES string of the molecule is Cc1nc2cc3nc(C)c(C)nc3cc2[nH]1. The summed E-state index contributed by atoms with van der Waals surface area (Å²) in [6.07, 6.45) is 0. The van der Waals surface area contributed by atoms with E-state index in [4.69, 9.17) is 0 Å². The van der Waals surface area contributed by atoms with E-state index >= 15 is 0 Å². The van der Waals surface area contributed by atoms with Crippen LogP contribution in [-0.4, -0.2) is 19.9 Å². The molecule has 16 heavy (non-hydrogen) atoms. The average molecular weight is 212 g/mol. The van der Waals surface area contributed by atoms with Crippen LogP contribution in [-0.2, 0) is 0 Å². The summed E-state index contributed by atoms with van der Waals surface area (Å²) >= 11 is 0. The molecular formula is C12H12N4. The number of rotatable bonds is 0. The minimum atomic E-state index is 0.905. The summed E-state index contributed by atoms with van der Waals surface area (Å²) in [6, 6.07) is 3.98. The molecule has 0 aliphatic heterocycles. The zero-order valence-corrected chi connectivity index (χ0v) is 9.50. The Balaban J connectivity index is 2.45. The van der Waals surface area contributed by atoms with E-state index in [-0.39, 0.29) is 0 Å². The molecular weight excluding hydrogens is 200 g/mol. The van der Waals surface area contributed by atoms with Crippen molar-refractivity contribution in [1.82, 2.24) is 19.9 Å². The van der Waals surface area contributed by atoms with Gasteiger partial charge in [-0.3, -0.25) is 0 Å². The van der Waals surface area contributed by atoms with Crippen LogP contribution in [0.5, 0.6) is 0 Å². The van der Waals surface area contributed by atoms with E-state index in [1.165, 1.54) is 0 Å². The lowest BCUT2D eigenvalue weighted by Gasteiger charge is -2.01. The van der Waals surface area contributed by atoms with Crippen LogP contribution in [0.25, 0.3) is 22.1 Å². The van der Waals surface area contributed by atoms with Crippen molar-refractivity contribution < 1.29 is 0 Å². The molecule has 4 heteroatoms. The number of imidazole rings is 1. The number of aryl methyl sites for hydroxylation is 3. The van der Waals surface area contributed by atoms with Crippen molar-refractivity contribution in [3.05, 3.63) is 29.3 Å². The Bertz CT molecular complexity index is 638. The maximum atomic E-state index is 4.52. The molecule has 3 aromatic rings. The zero-order chi connectivity index (χ0) is 11.3. The number of nitrogens with zero attached hydrogens (tertiary/aromatic N) is 3. The molecule has 0 unspecified atom stereocenters. The van der Waals surface area contributed by atoms with E-state index in [1.54, 1.807) is 0 Å². The van der Waals surface area contributed by atoms with Crippen LogP contribution < -0.4 is 0 Å². The second-order valence-electron chi connectivity index (χ2n) is 4.07. The van der Waals surface area contributed by atoms with Crippen LogP contribution in [0.4, 0.5) is 0 Å². The molecule has 0 saturated carbocycles. The van der Waals surface area contributed by atoms with Crippen molar-refractivity contribution in [2.45, 2.75) is 20.8 Å². The fraction of sp³-hybridized carbons (Fsp3) is 0.250. The first-order valence-corrected chi connectivity index (χ1v) is 5.25. The van der Waals surface area contributed by atoms with Crippen molar-refractivity contribution in [2.75, 3.05) is 0 Å². The van der Waals surface area contributed by atoms with Gasteiger partial charge in [0.25, 0.3) is 0 Å². The number of nitrogens with one attached hydrogen (secondary N) is 1. The molecule has 1 aromatic carbocycles. The van der Waals surface area contributed by atoms with Crippen molar-refractivity contribution in [1.29, 1.82) is 0 Å². The van der Waals surface area contributed by atoms with E-state index in [2.05, 4.69) is 19.9 Å². The monoisotopic (exact) mass is 212 g/mol. The highest BCUT2D eigenvalue weighted by atomic mass is 14.9. The lowest BCUT2D eigenvalue weighted by molar-refractivity contribution is 1.10. The lowest BCUT2D eigenvalue weighted by Crippen LogP contribution is -1.93. The Kier molecular flexibility index (Phi) is 1.74. The molecule has 0 bridgehead atoms. The Morgan fingerprint density at radius 1 is 0.812 bits per heavy atom. The van der Waals surface area contributed by atoms with Crippen molar-refractivity contribution >= 4 is 22.1 Å². The van der Waals surface area contributed by atoms with Gasteiger partial charge in [-0.15, -0.1) is 0 Å². The summed E-state index contributed by atoms with van der Waals surface area (Å²) < 4.78 is 0. The van der Waals surface area contributed by atoms with E-state index in [1.807, 2.05) is 32.9 Å². The number of aromatic nitrogens is 4. The summed E-state index contributed by atoms with van der Waals surface area (Å²) in [5, 5.41) is 0. The average Bonchev–Trinajstić information content (AvgIpc) is 2.56. The smallest absolute Gasteiger partial charge is 0.104 e. The van der Waals surface area contributed by atoms with Crippen LogP contribution in [0.15, 0.2) is 12.1 Å². The quantitative estimate of drug-likeness (QED) is 0.622. The van der Waals surface area contributed by atoms with E-state index in [0.717, 1.165) is 39.3 Å². The third-order valence-electron chi connectivity index (χ3n) is 2.80.